The summed E-state index contributed by atoms with van der Waals surface area (Å²) in [6, 6.07) is 1.67. The number of carbonyl (C=O) groups excluding carboxylic acids is 2. The van der Waals surface area contributed by atoms with E-state index in [9.17, 15) is 9.59 Å². The average Bonchev–Trinajstić information content (AvgIpc) is 3.25. The van der Waals surface area contributed by atoms with Crippen molar-refractivity contribution in [1.82, 2.24) is 15.1 Å². The Morgan fingerprint density at radius 3 is 2.55 bits per heavy atom. The van der Waals surface area contributed by atoms with Crippen LogP contribution in [0.15, 0.2) is 23.0 Å². The highest BCUT2D eigenvalue weighted by Crippen LogP contribution is 2.26. The van der Waals surface area contributed by atoms with Crippen molar-refractivity contribution in [1.29, 1.82) is 0 Å². The summed E-state index contributed by atoms with van der Waals surface area (Å²) < 4.78 is 4.96. The number of rotatable bonds is 3. The average molecular weight is 305 g/mol. The monoisotopic (exact) mass is 305 g/mol. The van der Waals surface area contributed by atoms with Gasteiger partial charge >= 0.3 is 0 Å². The molecule has 22 heavy (non-hydrogen) atoms. The van der Waals surface area contributed by atoms with Crippen molar-refractivity contribution in [3.05, 3.63) is 24.2 Å². The van der Waals surface area contributed by atoms with Crippen molar-refractivity contribution in [2.45, 2.75) is 31.7 Å². The molecular formula is C16H23N3O3. The minimum Gasteiger partial charge on any atom is -0.472 e. The Morgan fingerprint density at radius 2 is 2.00 bits per heavy atom. The Hall–Kier alpha value is -1.82. The molecule has 0 aromatic carbocycles. The topological polar surface area (TPSA) is 65.8 Å². The van der Waals surface area contributed by atoms with Gasteiger partial charge in [0.1, 0.15) is 6.26 Å². The summed E-state index contributed by atoms with van der Waals surface area (Å²) >= 11 is 0. The number of hydrogen-bond donors (Lipinski definition) is 1. The van der Waals surface area contributed by atoms with Gasteiger partial charge in [-0.25, -0.2) is 0 Å². The first-order chi connectivity index (χ1) is 10.7. The number of hydrogen-bond acceptors (Lipinski definition) is 4. The highest BCUT2D eigenvalue weighted by molar-refractivity contribution is 5.94. The lowest BCUT2D eigenvalue weighted by atomic mass is 9.92. The second-order valence-corrected chi connectivity index (χ2v) is 6.06. The van der Waals surface area contributed by atoms with Crippen molar-refractivity contribution in [2.24, 2.45) is 0 Å². The smallest absolute Gasteiger partial charge is 0.257 e. The van der Waals surface area contributed by atoms with Crippen molar-refractivity contribution in [3.8, 4) is 0 Å². The van der Waals surface area contributed by atoms with E-state index in [0.717, 1.165) is 25.8 Å². The van der Waals surface area contributed by atoms with Crippen LogP contribution >= 0.6 is 0 Å². The third-order valence-corrected chi connectivity index (χ3v) is 4.88. The molecule has 6 nitrogen and oxygen atoms in total. The number of piperazine rings is 1. The number of carbonyl (C=O) groups is 2. The maximum absolute atomic E-state index is 12.8. The molecule has 1 unspecified atom stereocenters. The third-order valence-electron chi connectivity index (χ3n) is 4.88. The molecule has 6 heteroatoms. The second-order valence-electron chi connectivity index (χ2n) is 6.06. The maximum atomic E-state index is 12.8. The molecule has 1 aromatic heterocycles. The lowest BCUT2D eigenvalue weighted by Gasteiger charge is -2.39. The van der Waals surface area contributed by atoms with Crippen LogP contribution in [0.3, 0.4) is 0 Å². The zero-order valence-electron chi connectivity index (χ0n) is 13.0. The lowest BCUT2D eigenvalue weighted by molar-refractivity contribution is -0.139. The van der Waals surface area contributed by atoms with Gasteiger partial charge in [0.25, 0.3) is 5.91 Å². The summed E-state index contributed by atoms with van der Waals surface area (Å²) in [6.45, 7) is 5.34. The Morgan fingerprint density at radius 1 is 1.27 bits per heavy atom. The number of amides is 2. The van der Waals surface area contributed by atoms with E-state index in [1.807, 2.05) is 4.90 Å². The van der Waals surface area contributed by atoms with Crippen LogP contribution in [-0.4, -0.2) is 59.9 Å². The number of nitrogens with zero attached hydrogens (tertiary/aromatic N) is 2. The highest BCUT2D eigenvalue weighted by Gasteiger charge is 2.42. The summed E-state index contributed by atoms with van der Waals surface area (Å²) in [6.07, 6.45) is 5.76. The zero-order valence-corrected chi connectivity index (χ0v) is 13.0. The van der Waals surface area contributed by atoms with E-state index in [2.05, 4.69) is 12.2 Å². The third kappa shape index (κ3) is 2.63. The minimum absolute atomic E-state index is 0.0231. The Labute approximate surface area is 130 Å². The molecular weight excluding hydrogens is 282 g/mol. The molecule has 0 aliphatic carbocycles. The second kappa shape index (κ2) is 6.12. The van der Waals surface area contributed by atoms with Crippen LogP contribution < -0.4 is 5.32 Å². The lowest BCUT2D eigenvalue weighted by Crippen LogP contribution is -2.59. The van der Waals surface area contributed by atoms with Crippen LogP contribution in [0.2, 0.25) is 0 Å². The van der Waals surface area contributed by atoms with Crippen molar-refractivity contribution >= 4 is 11.8 Å². The molecule has 120 valence electrons. The van der Waals surface area contributed by atoms with Gasteiger partial charge in [-0.3, -0.25) is 9.59 Å². The van der Waals surface area contributed by atoms with Gasteiger partial charge in [0.15, 0.2) is 0 Å². The molecule has 1 N–H and O–H groups in total. The van der Waals surface area contributed by atoms with Crippen LogP contribution in [0.1, 0.15) is 36.5 Å². The first-order valence-corrected chi connectivity index (χ1v) is 8.02. The molecule has 2 fully saturated rings. The van der Waals surface area contributed by atoms with Gasteiger partial charge in [-0.05, 0) is 31.9 Å². The Bertz CT molecular complexity index is 527. The van der Waals surface area contributed by atoms with E-state index in [1.54, 1.807) is 11.0 Å². The normalized spacial score (nSPS) is 25.5. The first-order valence-electron chi connectivity index (χ1n) is 8.02. The molecule has 2 aliphatic heterocycles. The molecule has 1 aromatic rings. The fourth-order valence-corrected chi connectivity index (χ4v) is 3.43. The molecule has 2 saturated heterocycles. The predicted octanol–water partition coefficient (Wildman–Crippen LogP) is 1.10. The van der Waals surface area contributed by atoms with Crippen molar-refractivity contribution < 1.29 is 14.0 Å². The molecule has 3 heterocycles. The van der Waals surface area contributed by atoms with Crippen LogP contribution in [0.4, 0.5) is 0 Å². The first kappa shape index (κ1) is 15.1. The van der Waals surface area contributed by atoms with E-state index in [4.69, 9.17) is 4.42 Å². The molecule has 1 atom stereocenters. The van der Waals surface area contributed by atoms with Gasteiger partial charge < -0.3 is 19.5 Å². The fourth-order valence-electron chi connectivity index (χ4n) is 3.43. The van der Waals surface area contributed by atoms with E-state index in [-0.39, 0.29) is 17.4 Å². The summed E-state index contributed by atoms with van der Waals surface area (Å²) in [5.41, 5.74) is 0.193. The number of furan rings is 1. The van der Waals surface area contributed by atoms with Crippen molar-refractivity contribution in [2.75, 3.05) is 32.7 Å². The fraction of sp³-hybridized carbons (Fsp3) is 0.625. The summed E-state index contributed by atoms with van der Waals surface area (Å²) in [4.78, 5) is 28.8. The molecule has 0 saturated carbocycles. The quantitative estimate of drug-likeness (QED) is 0.908. The van der Waals surface area contributed by atoms with Crippen molar-refractivity contribution in [3.63, 3.8) is 0 Å². The number of nitrogens with one attached hydrogen (secondary N) is 1. The summed E-state index contributed by atoms with van der Waals surface area (Å²) in [5.74, 6) is 0.174. The van der Waals surface area contributed by atoms with Gasteiger partial charge in [0.2, 0.25) is 5.91 Å². The molecule has 0 radical (unpaired) electrons. The zero-order chi connectivity index (χ0) is 15.6. The molecule has 3 rings (SSSR count). The Kier molecular flexibility index (Phi) is 4.20. The van der Waals surface area contributed by atoms with Gasteiger partial charge in [0.05, 0.1) is 17.4 Å². The van der Waals surface area contributed by atoms with Crippen LogP contribution in [0, 0.1) is 0 Å². The van der Waals surface area contributed by atoms with Gasteiger partial charge in [0, 0.05) is 26.2 Å². The maximum Gasteiger partial charge on any atom is 0.257 e. The molecule has 2 aliphatic rings. The van der Waals surface area contributed by atoms with Gasteiger partial charge in [-0.15, -0.1) is 0 Å². The summed E-state index contributed by atoms with van der Waals surface area (Å²) in [7, 11) is 0. The van der Waals surface area contributed by atoms with Crippen LogP contribution in [-0.2, 0) is 4.79 Å². The standard InChI is InChI=1S/C16H23N3O3/c1-2-16(5-3-6-17-16)15(21)19-9-7-18(8-10-19)14(20)13-4-11-22-12-13/h4,11-12,17H,2-3,5-10H2,1H3. The Balaban J connectivity index is 1.60. The largest absolute Gasteiger partial charge is 0.472 e. The SMILES string of the molecule is CCC1(C(=O)N2CCN(C(=O)c3ccoc3)CC2)CCCN1. The van der Waals surface area contributed by atoms with E-state index in [1.165, 1.54) is 12.5 Å². The van der Waals surface area contributed by atoms with Crippen LogP contribution in [0.5, 0.6) is 0 Å². The molecule has 2 amide bonds. The van der Waals surface area contributed by atoms with E-state index >= 15 is 0 Å². The van der Waals surface area contributed by atoms with Gasteiger partial charge in [-0.1, -0.05) is 6.92 Å². The minimum atomic E-state index is -0.378. The van der Waals surface area contributed by atoms with E-state index in [0.29, 0.717) is 31.7 Å². The predicted molar refractivity (Wildman–Crippen MR) is 81.5 cm³/mol. The van der Waals surface area contributed by atoms with E-state index < -0.39 is 0 Å². The summed E-state index contributed by atoms with van der Waals surface area (Å²) in [5, 5.41) is 3.39. The molecule has 0 spiro atoms. The van der Waals surface area contributed by atoms with Crippen LogP contribution in [0.25, 0.3) is 0 Å². The van der Waals surface area contributed by atoms with Gasteiger partial charge in [-0.2, -0.15) is 0 Å². The highest BCUT2D eigenvalue weighted by atomic mass is 16.3. The molecule has 0 bridgehead atoms.